The van der Waals surface area contributed by atoms with Crippen molar-refractivity contribution in [3.8, 4) is 0 Å². The molecule has 0 aliphatic heterocycles. The van der Waals surface area contributed by atoms with Crippen LogP contribution < -0.4 is 5.32 Å². The van der Waals surface area contributed by atoms with Crippen LogP contribution in [0.3, 0.4) is 0 Å². The molecule has 0 aliphatic rings. The van der Waals surface area contributed by atoms with Crippen molar-refractivity contribution >= 4 is 34.6 Å². The van der Waals surface area contributed by atoms with Gasteiger partial charge < -0.3 is 5.32 Å². The molecule has 3 heteroatoms. The molecule has 1 nitrogen and oxygen atoms in total. The van der Waals surface area contributed by atoms with Gasteiger partial charge in [0.1, 0.15) is 0 Å². The summed E-state index contributed by atoms with van der Waals surface area (Å²) < 4.78 is 0. The topological polar surface area (TPSA) is 12.0 Å². The second kappa shape index (κ2) is 4.56. The van der Waals surface area contributed by atoms with Gasteiger partial charge in [0.2, 0.25) is 0 Å². The quantitative estimate of drug-likeness (QED) is 0.796. The summed E-state index contributed by atoms with van der Waals surface area (Å²) >= 11 is 11.8. The van der Waals surface area contributed by atoms with Crippen molar-refractivity contribution in [2.45, 2.75) is 0 Å². The molecule has 0 fully saturated rings. The van der Waals surface area contributed by atoms with Gasteiger partial charge in [0.05, 0.1) is 0 Å². The summed E-state index contributed by atoms with van der Waals surface area (Å²) in [6.45, 7) is 0. The molecular weight excluding hydrogens is 229 g/mol. The third-order valence-electron chi connectivity index (χ3n) is 1.93. The molecular formula is C12H9Cl2N. The maximum absolute atomic E-state index is 5.89. The van der Waals surface area contributed by atoms with Crippen LogP contribution in [0.1, 0.15) is 0 Å². The molecule has 2 rings (SSSR count). The molecule has 0 saturated carbocycles. The molecule has 0 atom stereocenters. The summed E-state index contributed by atoms with van der Waals surface area (Å²) in [5.41, 5.74) is 1.90. The first-order chi connectivity index (χ1) is 7.24. The van der Waals surface area contributed by atoms with Crippen LogP contribution in [0.15, 0.2) is 48.5 Å². The number of para-hydroxylation sites is 1. The van der Waals surface area contributed by atoms with Gasteiger partial charge in [-0.1, -0.05) is 41.4 Å². The Bertz CT molecular complexity index is 434. The van der Waals surface area contributed by atoms with E-state index < -0.39 is 0 Å². The van der Waals surface area contributed by atoms with Crippen molar-refractivity contribution in [3.05, 3.63) is 58.6 Å². The highest BCUT2D eigenvalue weighted by Gasteiger charge is 1.98. The summed E-state index contributed by atoms with van der Waals surface area (Å²) in [6, 6.07) is 15.2. The van der Waals surface area contributed by atoms with Gasteiger partial charge in [0.15, 0.2) is 0 Å². The van der Waals surface area contributed by atoms with Gasteiger partial charge in [-0.05, 0) is 30.3 Å². The highest BCUT2D eigenvalue weighted by Crippen LogP contribution is 2.24. The fraction of sp³-hybridized carbons (Fsp3) is 0. The first kappa shape index (κ1) is 10.3. The van der Waals surface area contributed by atoms with Gasteiger partial charge in [-0.2, -0.15) is 0 Å². The normalized spacial score (nSPS) is 10.0. The van der Waals surface area contributed by atoms with E-state index in [1.54, 1.807) is 6.07 Å². The molecule has 2 aromatic rings. The first-order valence-corrected chi connectivity index (χ1v) is 5.28. The Balaban J connectivity index is 2.25. The third kappa shape index (κ3) is 2.88. The molecule has 0 aliphatic carbocycles. The fourth-order valence-electron chi connectivity index (χ4n) is 1.31. The second-order valence-corrected chi connectivity index (χ2v) is 4.02. The van der Waals surface area contributed by atoms with E-state index >= 15 is 0 Å². The minimum absolute atomic E-state index is 0.626. The maximum atomic E-state index is 5.89. The van der Waals surface area contributed by atoms with E-state index in [1.165, 1.54) is 0 Å². The molecule has 0 spiro atoms. The number of benzene rings is 2. The zero-order valence-corrected chi connectivity index (χ0v) is 9.39. The summed E-state index contributed by atoms with van der Waals surface area (Å²) in [7, 11) is 0. The lowest BCUT2D eigenvalue weighted by atomic mass is 10.3. The summed E-state index contributed by atoms with van der Waals surface area (Å²) in [4.78, 5) is 0. The lowest BCUT2D eigenvalue weighted by molar-refractivity contribution is 1.55. The van der Waals surface area contributed by atoms with Gasteiger partial charge >= 0.3 is 0 Å². The Labute approximate surface area is 98.6 Å². The molecule has 0 amide bonds. The highest BCUT2D eigenvalue weighted by atomic mass is 35.5. The predicted molar refractivity (Wildman–Crippen MR) is 66.2 cm³/mol. The van der Waals surface area contributed by atoms with Crippen LogP contribution >= 0.6 is 23.2 Å². The molecule has 2 aromatic carbocycles. The zero-order chi connectivity index (χ0) is 10.7. The van der Waals surface area contributed by atoms with Gasteiger partial charge in [-0.3, -0.25) is 0 Å². The van der Waals surface area contributed by atoms with Gasteiger partial charge in [-0.25, -0.2) is 0 Å². The van der Waals surface area contributed by atoms with Crippen molar-refractivity contribution in [1.29, 1.82) is 0 Å². The Morgan fingerprint density at radius 1 is 0.733 bits per heavy atom. The molecule has 0 unspecified atom stereocenters. The number of hydrogen-bond donors (Lipinski definition) is 1. The van der Waals surface area contributed by atoms with Crippen LogP contribution in [0, 0.1) is 0 Å². The zero-order valence-electron chi connectivity index (χ0n) is 7.87. The Morgan fingerprint density at radius 3 is 1.93 bits per heavy atom. The number of anilines is 2. The van der Waals surface area contributed by atoms with Crippen molar-refractivity contribution in [1.82, 2.24) is 0 Å². The lowest BCUT2D eigenvalue weighted by Gasteiger charge is -2.06. The van der Waals surface area contributed by atoms with Crippen LogP contribution in [-0.2, 0) is 0 Å². The van der Waals surface area contributed by atoms with Crippen LogP contribution in [-0.4, -0.2) is 0 Å². The Morgan fingerprint density at radius 2 is 1.33 bits per heavy atom. The summed E-state index contributed by atoms with van der Waals surface area (Å²) in [5, 5.41) is 4.47. The molecule has 0 aromatic heterocycles. The molecule has 0 heterocycles. The smallest absolute Gasteiger partial charge is 0.0441 e. The SMILES string of the molecule is Clc1cc(Cl)cc(Nc2ccccc2)c1. The molecule has 0 radical (unpaired) electrons. The van der Waals surface area contributed by atoms with E-state index in [2.05, 4.69) is 5.32 Å². The number of hydrogen-bond acceptors (Lipinski definition) is 1. The number of nitrogens with one attached hydrogen (secondary N) is 1. The number of rotatable bonds is 2. The maximum Gasteiger partial charge on any atom is 0.0441 e. The van der Waals surface area contributed by atoms with Gasteiger partial charge in [0, 0.05) is 21.4 Å². The molecule has 0 saturated heterocycles. The average Bonchev–Trinajstić information content (AvgIpc) is 2.17. The van der Waals surface area contributed by atoms with Gasteiger partial charge in [-0.15, -0.1) is 0 Å². The highest BCUT2D eigenvalue weighted by molar-refractivity contribution is 6.35. The van der Waals surface area contributed by atoms with Crippen molar-refractivity contribution in [2.75, 3.05) is 5.32 Å². The van der Waals surface area contributed by atoms with E-state index in [1.807, 2.05) is 42.5 Å². The van der Waals surface area contributed by atoms with Crippen LogP contribution in [0.5, 0.6) is 0 Å². The fourth-order valence-corrected chi connectivity index (χ4v) is 1.84. The minimum Gasteiger partial charge on any atom is -0.355 e. The predicted octanol–water partition coefficient (Wildman–Crippen LogP) is 4.74. The van der Waals surface area contributed by atoms with E-state index in [0.717, 1.165) is 11.4 Å². The second-order valence-electron chi connectivity index (χ2n) is 3.15. The standard InChI is InChI=1S/C12H9Cl2N/c13-9-6-10(14)8-12(7-9)15-11-4-2-1-3-5-11/h1-8,15H. The summed E-state index contributed by atoms with van der Waals surface area (Å²) in [6.07, 6.45) is 0. The van der Waals surface area contributed by atoms with E-state index in [-0.39, 0.29) is 0 Å². The van der Waals surface area contributed by atoms with Gasteiger partial charge in [0.25, 0.3) is 0 Å². The van der Waals surface area contributed by atoms with Crippen molar-refractivity contribution in [2.24, 2.45) is 0 Å². The largest absolute Gasteiger partial charge is 0.355 e. The monoisotopic (exact) mass is 237 g/mol. The van der Waals surface area contributed by atoms with Crippen LogP contribution in [0.25, 0.3) is 0 Å². The minimum atomic E-state index is 0.626. The van der Waals surface area contributed by atoms with E-state index in [0.29, 0.717) is 10.0 Å². The third-order valence-corrected chi connectivity index (χ3v) is 2.36. The van der Waals surface area contributed by atoms with Crippen LogP contribution in [0.2, 0.25) is 10.0 Å². The number of halogens is 2. The van der Waals surface area contributed by atoms with Crippen molar-refractivity contribution in [3.63, 3.8) is 0 Å². The van der Waals surface area contributed by atoms with Crippen LogP contribution in [0.4, 0.5) is 11.4 Å². The van der Waals surface area contributed by atoms with Crippen molar-refractivity contribution < 1.29 is 0 Å². The average molecular weight is 238 g/mol. The Hall–Kier alpha value is -1.18. The Kier molecular flexibility index (Phi) is 3.14. The molecule has 0 bridgehead atoms. The lowest BCUT2D eigenvalue weighted by Crippen LogP contribution is -1.89. The van der Waals surface area contributed by atoms with E-state index in [9.17, 15) is 0 Å². The molecule has 76 valence electrons. The molecule has 1 N–H and O–H groups in total. The summed E-state index contributed by atoms with van der Waals surface area (Å²) in [5.74, 6) is 0. The molecule has 15 heavy (non-hydrogen) atoms. The van der Waals surface area contributed by atoms with E-state index in [4.69, 9.17) is 23.2 Å². The first-order valence-electron chi connectivity index (χ1n) is 4.52.